The SMILES string of the molecule is COc1ccc(Br)cc1C=C(C#N)c1nc2ccccc2n1C. The van der Waals surface area contributed by atoms with Gasteiger partial charge in [0, 0.05) is 17.1 Å². The molecule has 0 amide bonds. The van der Waals surface area contributed by atoms with Gasteiger partial charge in [0.1, 0.15) is 11.8 Å². The van der Waals surface area contributed by atoms with E-state index in [9.17, 15) is 5.26 Å². The van der Waals surface area contributed by atoms with Crippen LogP contribution in [0.4, 0.5) is 0 Å². The van der Waals surface area contributed by atoms with Crippen molar-refractivity contribution in [2.24, 2.45) is 7.05 Å². The number of fused-ring (bicyclic) bond motifs is 1. The minimum Gasteiger partial charge on any atom is -0.496 e. The molecular formula is C18H14BrN3O. The van der Waals surface area contributed by atoms with Gasteiger partial charge >= 0.3 is 0 Å². The summed E-state index contributed by atoms with van der Waals surface area (Å²) in [6, 6.07) is 15.7. The van der Waals surface area contributed by atoms with Crippen molar-refractivity contribution in [1.29, 1.82) is 5.26 Å². The second-order valence-electron chi connectivity index (χ2n) is 5.04. The van der Waals surface area contributed by atoms with E-state index in [-0.39, 0.29) is 0 Å². The number of hydrogen-bond donors (Lipinski definition) is 0. The second-order valence-corrected chi connectivity index (χ2v) is 5.95. The summed E-state index contributed by atoms with van der Waals surface area (Å²) in [5.41, 5.74) is 3.17. The van der Waals surface area contributed by atoms with E-state index >= 15 is 0 Å². The maximum absolute atomic E-state index is 9.60. The molecule has 3 aromatic rings. The van der Waals surface area contributed by atoms with E-state index < -0.39 is 0 Å². The smallest absolute Gasteiger partial charge is 0.151 e. The van der Waals surface area contributed by atoms with Crippen molar-refractivity contribution in [3.05, 3.63) is 58.3 Å². The first-order valence-corrected chi connectivity index (χ1v) is 7.80. The Labute approximate surface area is 142 Å². The number of rotatable bonds is 3. The minimum atomic E-state index is 0.486. The summed E-state index contributed by atoms with van der Waals surface area (Å²) in [6.07, 6.45) is 1.80. The largest absolute Gasteiger partial charge is 0.496 e. The van der Waals surface area contributed by atoms with E-state index in [0.717, 1.165) is 21.1 Å². The molecule has 0 saturated carbocycles. The van der Waals surface area contributed by atoms with E-state index in [1.54, 1.807) is 13.2 Å². The van der Waals surface area contributed by atoms with Crippen LogP contribution in [0, 0.1) is 11.3 Å². The van der Waals surface area contributed by atoms with Gasteiger partial charge in [0.05, 0.1) is 23.7 Å². The quantitative estimate of drug-likeness (QED) is 0.644. The normalized spacial score (nSPS) is 11.5. The Hall–Kier alpha value is -2.58. The highest BCUT2D eigenvalue weighted by molar-refractivity contribution is 9.10. The van der Waals surface area contributed by atoms with Gasteiger partial charge < -0.3 is 9.30 Å². The lowest BCUT2D eigenvalue weighted by atomic mass is 10.1. The number of imidazole rings is 1. The molecule has 1 aromatic heterocycles. The van der Waals surface area contributed by atoms with Gasteiger partial charge in [-0.05, 0) is 36.4 Å². The third-order valence-electron chi connectivity index (χ3n) is 3.64. The number of hydrogen-bond acceptors (Lipinski definition) is 3. The zero-order valence-corrected chi connectivity index (χ0v) is 14.3. The van der Waals surface area contributed by atoms with Crippen molar-refractivity contribution in [2.45, 2.75) is 0 Å². The van der Waals surface area contributed by atoms with Crippen molar-refractivity contribution < 1.29 is 4.74 Å². The molecule has 0 radical (unpaired) electrons. The molecule has 5 heteroatoms. The van der Waals surface area contributed by atoms with E-state index in [1.807, 2.05) is 54.1 Å². The predicted molar refractivity (Wildman–Crippen MR) is 94.9 cm³/mol. The van der Waals surface area contributed by atoms with Gasteiger partial charge in [-0.25, -0.2) is 4.98 Å². The highest BCUT2D eigenvalue weighted by Crippen LogP contribution is 2.28. The van der Waals surface area contributed by atoms with E-state index in [0.29, 0.717) is 17.1 Å². The van der Waals surface area contributed by atoms with Crippen LogP contribution in [0.15, 0.2) is 46.9 Å². The highest BCUT2D eigenvalue weighted by atomic mass is 79.9. The number of para-hydroxylation sites is 2. The first-order chi connectivity index (χ1) is 11.1. The molecule has 2 aromatic carbocycles. The molecule has 0 N–H and O–H groups in total. The Bertz CT molecular complexity index is 951. The molecule has 23 heavy (non-hydrogen) atoms. The fourth-order valence-corrected chi connectivity index (χ4v) is 2.89. The number of ether oxygens (including phenoxy) is 1. The van der Waals surface area contributed by atoms with Crippen molar-refractivity contribution in [3.8, 4) is 11.8 Å². The Morgan fingerprint density at radius 1 is 1.30 bits per heavy atom. The predicted octanol–water partition coefficient (Wildman–Crippen LogP) is 4.41. The molecule has 1 heterocycles. The van der Waals surface area contributed by atoms with Crippen LogP contribution in [0.2, 0.25) is 0 Å². The van der Waals surface area contributed by atoms with Crippen LogP contribution in [-0.4, -0.2) is 16.7 Å². The summed E-state index contributed by atoms with van der Waals surface area (Å²) in [4.78, 5) is 4.58. The van der Waals surface area contributed by atoms with Crippen molar-refractivity contribution in [3.63, 3.8) is 0 Å². The maximum atomic E-state index is 9.60. The highest BCUT2D eigenvalue weighted by Gasteiger charge is 2.13. The molecule has 0 aliphatic carbocycles. The van der Waals surface area contributed by atoms with E-state index in [4.69, 9.17) is 4.74 Å². The summed E-state index contributed by atoms with van der Waals surface area (Å²) in [6.45, 7) is 0. The Kier molecular flexibility index (Phi) is 4.18. The summed E-state index contributed by atoms with van der Waals surface area (Å²) in [5, 5.41) is 9.60. The topological polar surface area (TPSA) is 50.8 Å². The number of nitrogens with zero attached hydrogens (tertiary/aromatic N) is 3. The summed E-state index contributed by atoms with van der Waals surface area (Å²) in [5.74, 6) is 1.34. The number of aryl methyl sites for hydroxylation is 1. The zero-order chi connectivity index (χ0) is 16.4. The third kappa shape index (κ3) is 2.86. The second kappa shape index (κ2) is 6.27. The van der Waals surface area contributed by atoms with Crippen LogP contribution in [0.3, 0.4) is 0 Å². The van der Waals surface area contributed by atoms with Crippen LogP contribution in [0.5, 0.6) is 5.75 Å². The molecule has 114 valence electrons. The molecule has 0 atom stereocenters. The molecule has 3 rings (SSSR count). The Morgan fingerprint density at radius 3 is 2.78 bits per heavy atom. The van der Waals surface area contributed by atoms with Crippen LogP contribution < -0.4 is 4.74 Å². The molecule has 0 saturated heterocycles. The molecule has 0 unspecified atom stereocenters. The van der Waals surface area contributed by atoms with Gasteiger partial charge in [0.2, 0.25) is 0 Å². The molecule has 0 aliphatic heterocycles. The monoisotopic (exact) mass is 367 g/mol. The fraction of sp³-hybridized carbons (Fsp3) is 0.111. The van der Waals surface area contributed by atoms with Crippen LogP contribution >= 0.6 is 15.9 Å². The summed E-state index contributed by atoms with van der Waals surface area (Å²) >= 11 is 3.45. The Balaban J connectivity index is 2.18. The summed E-state index contributed by atoms with van der Waals surface area (Å²) in [7, 11) is 3.52. The van der Waals surface area contributed by atoms with Crippen molar-refractivity contribution in [2.75, 3.05) is 7.11 Å². The summed E-state index contributed by atoms with van der Waals surface area (Å²) < 4.78 is 8.22. The van der Waals surface area contributed by atoms with Gasteiger partial charge in [-0.15, -0.1) is 0 Å². The molecule has 0 spiro atoms. The average molecular weight is 368 g/mol. The number of allylic oxidation sites excluding steroid dienone is 1. The van der Waals surface area contributed by atoms with Crippen LogP contribution in [0.1, 0.15) is 11.4 Å². The fourth-order valence-electron chi connectivity index (χ4n) is 2.51. The van der Waals surface area contributed by atoms with Gasteiger partial charge in [0.25, 0.3) is 0 Å². The minimum absolute atomic E-state index is 0.486. The van der Waals surface area contributed by atoms with Gasteiger partial charge in [0.15, 0.2) is 5.82 Å². The average Bonchev–Trinajstić information content (AvgIpc) is 2.90. The van der Waals surface area contributed by atoms with Crippen LogP contribution in [-0.2, 0) is 7.05 Å². The van der Waals surface area contributed by atoms with E-state index in [2.05, 4.69) is 27.0 Å². The first kappa shape index (κ1) is 15.3. The Morgan fingerprint density at radius 2 is 2.09 bits per heavy atom. The number of methoxy groups -OCH3 is 1. The molecule has 0 fully saturated rings. The molecule has 0 bridgehead atoms. The number of nitriles is 1. The lowest BCUT2D eigenvalue weighted by molar-refractivity contribution is 0.414. The van der Waals surface area contributed by atoms with Gasteiger partial charge in [-0.3, -0.25) is 0 Å². The van der Waals surface area contributed by atoms with Gasteiger partial charge in [-0.1, -0.05) is 28.1 Å². The van der Waals surface area contributed by atoms with E-state index in [1.165, 1.54) is 0 Å². The number of aromatic nitrogens is 2. The zero-order valence-electron chi connectivity index (χ0n) is 12.7. The first-order valence-electron chi connectivity index (χ1n) is 7.01. The third-order valence-corrected chi connectivity index (χ3v) is 4.13. The lowest BCUT2D eigenvalue weighted by Gasteiger charge is -2.06. The van der Waals surface area contributed by atoms with Crippen molar-refractivity contribution in [1.82, 2.24) is 9.55 Å². The van der Waals surface area contributed by atoms with Crippen LogP contribution in [0.25, 0.3) is 22.7 Å². The lowest BCUT2D eigenvalue weighted by Crippen LogP contribution is -1.96. The van der Waals surface area contributed by atoms with Gasteiger partial charge in [-0.2, -0.15) is 5.26 Å². The standard InChI is InChI=1S/C18H14BrN3O/c1-22-16-6-4-3-5-15(16)21-18(22)13(11-20)9-12-10-14(19)7-8-17(12)23-2/h3-10H,1-2H3. The number of benzene rings is 2. The molecular weight excluding hydrogens is 354 g/mol. The number of halogens is 1. The van der Waals surface area contributed by atoms with Crippen molar-refractivity contribution >= 4 is 38.6 Å². The maximum Gasteiger partial charge on any atom is 0.151 e. The molecule has 4 nitrogen and oxygen atoms in total. The molecule has 0 aliphatic rings.